The van der Waals surface area contributed by atoms with Crippen molar-refractivity contribution >= 4 is 22.6 Å². The molecule has 1 atom stereocenters. The summed E-state index contributed by atoms with van der Waals surface area (Å²) < 4.78 is 1.96. The van der Waals surface area contributed by atoms with Crippen molar-refractivity contribution in [2.75, 3.05) is 24.5 Å². The first-order chi connectivity index (χ1) is 17.0. The van der Waals surface area contributed by atoms with Gasteiger partial charge in [-0.05, 0) is 57.7 Å². The highest BCUT2D eigenvalue weighted by molar-refractivity contribution is 5.92. The molecule has 3 heterocycles. The summed E-state index contributed by atoms with van der Waals surface area (Å²) >= 11 is 0. The van der Waals surface area contributed by atoms with Crippen LogP contribution < -0.4 is 10.2 Å². The van der Waals surface area contributed by atoms with Crippen molar-refractivity contribution in [3.8, 4) is 5.69 Å². The molecule has 0 bridgehead atoms. The van der Waals surface area contributed by atoms with Gasteiger partial charge in [-0.1, -0.05) is 48.0 Å². The quantitative estimate of drug-likeness (QED) is 0.456. The molecule has 7 heteroatoms. The third-order valence-electron chi connectivity index (χ3n) is 6.91. The van der Waals surface area contributed by atoms with Crippen molar-refractivity contribution in [2.45, 2.75) is 40.0 Å². The minimum atomic E-state index is -0.0720. The summed E-state index contributed by atoms with van der Waals surface area (Å²) in [5, 5.41) is 18.1. The van der Waals surface area contributed by atoms with Gasteiger partial charge in [0.25, 0.3) is 0 Å². The second-order valence-electron chi connectivity index (χ2n) is 9.48. The molecule has 2 aromatic heterocycles. The van der Waals surface area contributed by atoms with E-state index in [9.17, 15) is 4.79 Å². The van der Waals surface area contributed by atoms with E-state index in [0.717, 1.165) is 59.6 Å². The number of anilines is 1. The van der Waals surface area contributed by atoms with Crippen LogP contribution >= 0.6 is 0 Å². The molecule has 0 saturated carbocycles. The lowest BCUT2D eigenvalue weighted by molar-refractivity contribution is -0.125. The molecule has 2 aromatic carbocycles. The van der Waals surface area contributed by atoms with Crippen LogP contribution in [0, 0.1) is 26.7 Å². The highest BCUT2D eigenvalue weighted by Gasteiger charge is 2.29. The fraction of sp³-hybridized carbons (Fsp3) is 0.357. The second kappa shape index (κ2) is 9.86. The Bertz CT molecular complexity index is 1330. The molecule has 4 aromatic rings. The Morgan fingerprint density at radius 2 is 1.80 bits per heavy atom. The molecule has 0 spiro atoms. The maximum atomic E-state index is 13.0. The first-order valence-electron chi connectivity index (χ1n) is 12.4. The second-order valence-corrected chi connectivity index (χ2v) is 9.48. The van der Waals surface area contributed by atoms with Gasteiger partial charge in [-0.15, -0.1) is 5.10 Å². The molecule has 180 valence electrons. The molecule has 1 aliphatic heterocycles. The van der Waals surface area contributed by atoms with Gasteiger partial charge in [0.1, 0.15) is 5.52 Å². The van der Waals surface area contributed by atoms with Crippen molar-refractivity contribution in [1.29, 1.82) is 0 Å². The Hall–Kier alpha value is -3.74. The largest absolute Gasteiger partial charge is 0.355 e. The number of amides is 1. The number of piperidine rings is 1. The zero-order chi connectivity index (χ0) is 24.4. The molecule has 5 rings (SSSR count). The highest BCUT2D eigenvalue weighted by Crippen LogP contribution is 2.31. The Morgan fingerprint density at radius 1 is 1.03 bits per heavy atom. The molecule has 1 aliphatic rings. The van der Waals surface area contributed by atoms with Gasteiger partial charge >= 0.3 is 0 Å². The van der Waals surface area contributed by atoms with Gasteiger partial charge in [0.2, 0.25) is 5.91 Å². The minimum absolute atomic E-state index is 0.0720. The maximum Gasteiger partial charge on any atom is 0.224 e. The number of fused-ring (bicyclic) bond motifs is 1. The lowest BCUT2D eigenvalue weighted by Gasteiger charge is -2.32. The van der Waals surface area contributed by atoms with Crippen molar-refractivity contribution < 1.29 is 4.79 Å². The smallest absolute Gasteiger partial charge is 0.224 e. The van der Waals surface area contributed by atoms with E-state index >= 15 is 0 Å². The monoisotopic (exact) mass is 468 g/mol. The molecular weight excluding hydrogens is 436 g/mol. The summed E-state index contributed by atoms with van der Waals surface area (Å²) in [6.45, 7) is 8.25. The lowest BCUT2D eigenvalue weighted by Crippen LogP contribution is -2.44. The summed E-state index contributed by atoms with van der Waals surface area (Å²) in [6.07, 6.45) is 2.65. The third-order valence-corrected chi connectivity index (χ3v) is 6.91. The summed E-state index contributed by atoms with van der Waals surface area (Å²) in [4.78, 5) is 15.2. The van der Waals surface area contributed by atoms with E-state index in [4.69, 9.17) is 5.10 Å². The normalized spacial score (nSPS) is 16.0. The Morgan fingerprint density at radius 3 is 2.57 bits per heavy atom. The molecule has 35 heavy (non-hydrogen) atoms. The maximum absolute atomic E-state index is 13.0. The molecule has 0 radical (unpaired) electrons. The van der Waals surface area contributed by atoms with E-state index in [-0.39, 0.29) is 11.8 Å². The summed E-state index contributed by atoms with van der Waals surface area (Å²) in [7, 11) is 0. The standard InChI is InChI=1S/C28H32N6O/c1-19-11-13-22(14-12-19)15-16-29-28(35)23-8-7-17-33(18-23)27-26-25(20(2)30-31-27)21(3)34(32-26)24-9-5-4-6-10-24/h4-6,9-14,23H,7-8,15-18H2,1-3H3,(H,29,35)/t23-/m0/s1. The van der Waals surface area contributed by atoms with Gasteiger partial charge < -0.3 is 10.2 Å². The van der Waals surface area contributed by atoms with E-state index in [0.29, 0.717) is 13.1 Å². The van der Waals surface area contributed by atoms with Crippen LogP contribution in [0.2, 0.25) is 0 Å². The predicted octanol–water partition coefficient (Wildman–Crippen LogP) is 4.32. The van der Waals surface area contributed by atoms with Gasteiger partial charge in [-0.25, -0.2) is 4.68 Å². The number of para-hydroxylation sites is 1. The van der Waals surface area contributed by atoms with E-state index in [2.05, 4.69) is 58.5 Å². The fourth-order valence-corrected chi connectivity index (χ4v) is 4.96. The fourth-order valence-electron chi connectivity index (χ4n) is 4.96. The zero-order valence-electron chi connectivity index (χ0n) is 20.7. The first kappa shape index (κ1) is 23.0. The molecule has 1 N–H and O–H groups in total. The Balaban J connectivity index is 1.33. The summed E-state index contributed by atoms with van der Waals surface area (Å²) in [6, 6.07) is 18.6. The molecular formula is C28H32N6O. The van der Waals surface area contributed by atoms with Crippen LogP contribution in [0.15, 0.2) is 54.6 Å². The zero-order valence-corrected chi connectivity index (χ0v) is 20.7. The molecule has 7 nitrogen and oxygen atoms in total. The number of aryl methyl sites for hydroxylation is 3. The number of nitrogens with zero attached hydrogens (tertiary/aromatic N) is 5. The first-order valence-corrected chi connectivity index (χ1v) is 12.4. The number of carbonyl (C=O) groups excluding carboxylic acids is 1. The van der Waals surface area contributed by atoms with Crippen molar-refractivity contribution in [1.82, 2.24) is 25.3 Å². The number of aromatic nitrogens is 4. The average Bonchev–Trinajstić information content (AvgIpc) is 3.24. The molecule has 0 aliphatic carbocycles. The SMILES string of the molecule is Cc1ccc(CCNC(=O)[C@H]2CCCN(c3nnc(C)c4c(C)n(-c5ccccc5)nc34)C2)cc1. The van der Waals surface area contributed by atoms with E-state index < -0.39 is 0 Å². The Kier molecular flexibility index (Phi) is 6.49. The van der Waals surface area contributed by atoms with Gasteiger partial charge in [0, 0.05) is 19.6 Å². The summed E-state index contributed by atoms with van der Waals surface area (Å²) in [5.41, 5.74) is 6.25. The Labute approximate surface area is 206 Å². The van der Waals surface area contributed by atoms with Crippen molar-refractivity contribution in [3.05, 3.63) is 77.1 Å². The topological polar surface area (TPSA) is 75.9 Å². The number of carbonyl (C=O) groups is 1. The van der Waals surface area contributed by atoms with Gasteiger partial charge in [0.05, 0.1) is 28.4 Å². The number of rotatable bonds is 6. The van der Waals surface area contributed by atoms with Crippen LogP contribution in [0.25, 0.3) is 16.6 Å². The highest BCUT2D eigenvalue weighted by atomic mass is 16.1. The number of hydrogen-bond donors (Lipinski definition) is 1. The van der Waals surface area contributed by atoms with Crippen LogP contribution in [0.3, 0.4) is 0 Å². The van der Waals surface area contributed by atoms with Gasteiger partial charge in [-0.2, -0.15) is 10.2 Å². The van der Waals surface area contributed by atoms with Crippen LogP contribution in [0.5, 0.6) is 0 Å². The third kappa shape index (κ3) is 4.76. The number of hydrogen-bond acceptors (Lipinski definition) is 5. The van der Waals surface area contributed by atoms with Crippen LogP contribution in [-0.4, -0.2) is 45.5 Å². The lowest BCUT2D eigenvalue weighted by atomic mass is 9.97. The van der Waals surface area contributed by atoms with E-state index in [1.165, 1.54) is 11.1 Å². The number of nitrogens with one attached hydrogen (secondary N) is 1. The molecule has 0 unspecified atom stereocenters. The number of benzene rings is 2. The van der Waals surface area contributed by atoms with Crippen LogP contribution in [-0.2, 0) is 11.2 Å². The van der Waals surface area contributed by atoms with Gasteiger partial charge in [0.15, 0.2) is 5.82 Å². The minimum Gasteiger partial charge on any atom is -0.355 e. The average molecular weight is 469 g/mol. The molecule has 1 saturated heterocycles. The summed E-state index contributed by atoms with van der Waals surface area (Å²) in [5.74, 6) is 0.807. The van der Waals surface area contributed by atoms with E-state index in [1.54, 1.807) is 0 Å². The van der Waals surface area contributed by atoms with Crippen molar-refractivity contribution in [3.63, 3.8) is 0 Å². The van der Waals surface area contributed by atoms with Crippen molar-refractivity contribution in [2.24, 2.45) is 5.92 Å². The molecule has 1 amide bonds. The molecule has 1 fully saturated rings. The van der Waals surface area contributed by atoms with Gasteiger partial charge in [-0.3, -0.25) is 4.79 Å². The van der Waals surface area contributed by atoms with E-state index in [1.807, 2.05) is 41.9 Å². The van der Waals surface area contributed by atoms with Crippen LogP contribution in [0.4, 0.5) is 5.82 Å². The predicted molar refractivity (Wildman–Crippen MR) is 139 cm³/mol. The van der Waals surface area contributed by atoms with Crippen LogP contribution in [0.1, 0.15) is 35.4 Å².